The van der Waals surface area contributed by atoms with E-state index in [9.17, 15) is 4.39 Å². The van der Waals surface area contributed by atoms with E-state index in [1.807, 2.05) is 12.1 Å². The molecule has 0 spiro atoms. The maximum absolute atomic E-state index is 12.9. The average molecular weight is 238 g/mol. The monoisotopic (exact) mass is 238 g/mol. The molecule has 1 aromatic carbocycles. The Balaban J connectivity index is 1.69. The van der Waals surface area contributed by atoms with E-state index in [4.69, 9.17) is 0 Å². The molecule has 4 rings (SSSR count). The number of hydrogen-bond donors (Lipinski definition) is 0. The second-order valence-corrected chi connectivity index (χ2v) is 5.60. The van der Waals surface area contributed by atoms with Gasteiger partial charge in [0.2, 0.25) is 0 Å². The van der Waals surface area contributed by atoms with Crippen molar-refractivity contribution in [3.63, 3.8) is 0 Å². The van der Waals surface area contributed by atoms with E-state index < -0.39 is 0 Å². The van der Waals surface area contributed by atoms with Crippen molar-refractivity contribution in [1.29, 1.82) is 0 Å². The molecule has 0 radical (unpaired) electrons. The van der Waals surface area contributed by atoms with Gasteiger partial charge in [0.15, 0.2) is 0 Å². The molecule has 0 saturated heterocycles. The lowest BCUT2D eigenvalue weighted by molar-refractivity contribution is 0.628. The highest BCUT2D eigenvalue weighted by Gasteiger charge is 2.40. The third-order valence-electron chi connectivity index (χ3n) is 4.49. The summed E-state index contributed by atoms with van der Waals surface area (Å²) in [5.74, 6) is 1.47. The fraction of sp³-hybridized carbons (Fsp3) is 0.294. The van der Waals surface area contributed by atoms with Gasteiger partial charge in [-0.25, -0.2) is 4.39 Å². The molecule has 2 bridgehead atoms. The normalized spacial score (nSPS) is 28.2. The summed E-state index contributed by atoms with van der Waals surface area (Å²) in [6.45, 7) is 0. The van der Waals surface area contributed by atoms with E-state index >= 15 is 0 Å². The molecule has 3 aliphatic carbocycles. The Labute approximate surface area is 107 Å². The summed E-state index contributed by atoms with van der Waals surface area (Å²) in [7, 11) is 0. The number of benzene rings is 1. The molecule has 2 fully saturated rings. The van der Waals surface area contributed by atoms with Crippen molar-refractivity contribution < 1.29 is 4.39 Å². The largest absolute Gasteiger partial charge is 0.207 e. The first kappa shape index (κ1) is 10.3. The molecule has 2 unspecified atom stereocenters. The molecule has 0 aliphatic heterocycles. The summed E-state index contributed by atoms with van der Waals surface area (Å²) >= 11 is 0. The molecule has 18 heavy (non-hydrogen) atoms. The molecule has 0 N–H and O–H groups in total. The van der Waals surface area contributed by atoms with Crippen LogP contribution in [0.5, 0.6) is 0 Å². The summed E-state index contributed by atoms with van der Waals surface area (Å²) in [4.78, 5) is 0. The van der Waals surface area contributed by atoms with Gasteiger partial charge in [-0.1, -0.05) is 24.3 Å². The zero-order valence-electron chi connectivity index (χ0n) is 10.2. The summed E-state index contributed by atoms with van der Waals surface area (Å²) in [5, 5.41) is 0. The lowest BCUT2D eigenvalue weighted by Crippen LogP contribution is -1.99. The first-order valence-electron chi connectivity index (χ1n) is 6.70. The second kappa shape index (κ2) is 3.68. The smallest absolute Gasteiger partial charge is 0.123 e. The number of halogens is 1. The van der Waals surface area contributed by atoms with Crippen molar-refractivity contribution in [2.24, 2.45) is 11.8 Å². The minimum Gasteiger partial charge on any atom is -0.207 e. The molecular weight excluding hydrogens is 223 g/mol. The number of rotatable bonds is 1. The first-order chi connectivity index (χ1) is 8.79. The van der Waals surface area contributed by atoms with Crippen LogP contribution in [0.3, 0.4) is 0 Å². The van der Waals surface area contributed by atoms with E-state index in [1.165, 1.54) is 37.0 Å². The molecule has 0 nitrogen and oxygen atoms in total. The Morgan fingerprint density at radius 1 is 0.944 bits per heavy atom. The van der Waals surface area contributed by atoms with Crippen LogP contribution in [0.25, 0.3) is 6.08 Å². The van der Waals surface area contributed by atoms with Crippen LogP contribution in [0.15, 0.2) is 53.1 Å². The van der Waals surface area contributed by atoms with Gasteiger partial charge in [0.25, 0.3) is 0 Å². The van der Waals surface area contributed by atoms with Crippen molar-refractivity contribution >= 4 is 6.08 Å². The third kappa shape index (κ3) is 1.50. The van der Waals surface area contributed by atoms with E-state index in [2.05, 4.69) is 18.2 Å². The number of hydrogen-bond acceptors (Lipinski definition) is 0. The van der Waals surface area contributed by atoms with Crippen molar-refractivity contribution in [3.8, 4) is 0 Å². The molecular formula is C17H15F. The van der Waals surface area contributed by atoms with Gasteiger partial charge in [-0.15, -0.1) is 0 Å². The number of fused-ring (bicyclic) bond motifs is 5. The van der Waals surface area contributed by atoms with Crippen LogP contribution in [-0.2, 0) is 0 Å². The molecule has 1 aromatic rings. The third-order valence-corrected chi connectivity index (χ3v) is 4.49. The molecule has 0 amide bonds. The van der Waals surface area contributed by atoms with Crippen LogP contribution in [0.2, 0.25) is 0 Å². The summed E-state index contributed by atoms with van der Waals surface area (Å²) < 4.78 is 12.9. The van der Waals surface area contributed by atoms with Gasteiger partial charge in [0, 0.05) is 0 Å². The van der Waals surface area contributed by atoms with Crippen molar-refractivity contribution in [1.82, 2.24) is 0 Å². The Hall–Kier alpha value is -1.63. The Morgan fingerprint density at radius 2 is 1.56 bits per heavy atom. The lowest BCUT2D eigenvalue weighted by atomic mass is 9.92. The van der Waals surface area contributed by atoms with Gasteiger partial charge in [0.1, 0.15) is 5.82 Å². The SMILES string of the molecule is Fc1ccc(C=C2C=C3C(=C2)C2CCC3C2)cc1. The van der Waals surface area contributed by atoms with E-state index in [0.29, 0.717) is 0 Å². The standard InChI is InChI=1S/C17H15F/c18-15-5-1-11(2-6-15)7-12-8-16-13-3-4-14(10-13)17(16)9-12/h1-2,5-9,13-14H,3-4,10H2. The maximum atomic E-state index is 12.9. The summed E-state index contributed by atoms with van der Waals surface area (Å²) in [6, 6.07) is 6.71. The van der Waals surface area contributed by atoms with Gasteiger partial charge in [-0.05, 0) is 71.6 Å². The van der Waals surface area contributed by atoms with Crippen LogP contribution in [0.4, 0.5) is 4.39 Å². The Bertz CT molecular complexity index is 559. The molecule has 0 heterocycles. The zero-order chi connectivity index (χ0) is 12.1. The Kier molecular flexibility index (Phi) is 2.11. The van der Waals surface area contributed by atoms with Crippen LogP contribution in [0, 0.1) is 17.7 Å². The average Bonchev–Trinajstić information content (AvgIpc) is 3.03. The highest BCUT2D eigenvalue weighted by Crippen LogP contribution is 2.54. The maximum Gasteiger partial charge on any atom is 0.123 e. The van der Waals surface area contributed by atoms with E-state index in [-0.39, 0.29) is 5.82 Å². The topological polar surface area (TPSA) is 0 Å². The predicted molar refractivity (Wildman–Crippen MR) is 71.4 cm³/mol. The van der Waals surface area contributed by atoms with Crippen molar-refractivity contribution in [3.05, 3.63) is 64.5 Å². The zero-order valence-corrected chi connectivity index (χ0v) is 10.2. The minimum absolute atomic E-state index is 0.171. The van der Waals surface area contributed by atoms with Gasteiger partial charge in [-0.3, -0.25) is 0 Å². The molecule has 2 atom stereocenters. The molecule has 0 aromatic heterocycles. The van der Waals surface area contributed by atoms with E-state index in [0.717, 1.165) is 17.4 Å². The van der Waals surface area contributed by atoms with Gasteiger partial charge < -0.3 is 0 Å². The van der Waals surface area contributed by atoms with E-state index in [1.54, 1.807) is 11.1 Å². The molecule has 90 valence electrons. The quantitative estimate of drug-likeness (QED) is 0.675. The van der Waals surface area contributed by atoms with Crippen LogP contribution in [0.1, 0.15) is 24.8 Å². The molecule has 3 aliphatic rings. The van der Waals surface area contributed by atoms with Gasteiger partial charge in [-0.2, -0.15) is 0 Å². The first-order valence-corrected chi connectivity index (χ1v) is 6.70. The summed E-state index contributed by atoms with van der Waals surface area (Å²) in [5.41, 5.74) is 5.52. The van der Waals surface area contributed by atoms with Gasteiger partial charge in [0.05, 0.1) is 0 Å². The fourth-order valence-electron chi connectivity index (χ4n) is 3.66. The number of allylic oxidation sites excluding steroid dienone is 5. The highest BCUT2D eigenvalue weighted by molar-refractivity contribution is 5.67. The second-order valence-electron chi connectivity index (χ2n) is 5.60. The molecule has 2 saturated carbocycles. The van der Waals surface area contributed by atoms with Crippen molar-refractivity contribution in [2.45, 2.75) is 19.3 Å². The Morgan fingerprint density at radius 3 is 2.17 bits per heavy atom. The van der Waals surface area contributed by atoms with Crippen LogP contribution < -0.4 is 0 Å². The van der Waals surface area contributed by atoms with Crippen LogP contribution in [-0.4, -0.2) is 0 Å². The summed E-state index contributed by atoms with van der Waals surface area (Å²) in [6.07, 6.45) is 10.9. The highest BCUT2D eigenvalue weighted by atomic mass is 19.1. The van der Waals surface area contributed by atoms with Crippen LogP contribution >= 0.6 is 0 Å². The minimum atomic E-state index is -0.171. The van der Waals surface area contributed by atoms with Gasteiger partial charge >= 0.3 is 0 Å². The molecule has 1 heteroatoms. The fourth-order valence-corrected chi connectivity index (χ4v) is 3.66. The lowest BCUT2D eigenvalue weighted by Gasteiger charge is -2.12. The predicted octanol–water partition coefficient (Wildman–Crippen LogP) is 4.51. The van der Waals surface area contributed by atoms with Crippen molar-refractivity contribution in [2.75, 3.05) is 0 Å².